The Morgan fingerprint density at radius 1 is 0.846 bits per heavy atom. The maximum atomic E-state index is 14.2. The molecule has 1 heterocycles. The largest absolute Gasteiger partial charge is 0.496 e. The fourth-order valence-electron chi connectivity index (χ4n) is 3.21. The third-order valence-electron chi connectivity index (χ3n) is 4.48. The first-order chi connectivity index (χ1) is 12.7. The van der Waals surface area contributed by atoms with Crippen LogP contribution in [0.15, 0.2) is 60.8 Å². The molecule has 3 aromatic carbocycles. The molecule has 0 bridgehead atoms. The molecule has 1 N–H and O–H groups in total. The second-order valence-corrected chi connectivity index (χ2v) is 5.87. The monoisotopic (exact) mass is 348 g/mol. The molecule has 4 rings (SSSR count). The van der Waals surface area contributed by atoms with Gasteiger partial charge in [0.05, 0.1) is 26.1 Å². The molecule has 0 fully saturated rings. The molecule has 0 aliphatic rings. The molecule has 130 valence electrons. The number of hydrogen-bond acceptors (Lipinski definition) is 3. The number of nitrogens with one attached hydrogen (secondary N) is 1. The van der Waals surface area contributed by atoms with Crippen molar-refractivity contribution in [1.82, 2.24) is 10.2 Å². The average Bonchev–Trinajstić information content (AvgIpc) is 3.16. The number of aromatic nitrogens is 2. The lowest BCUT2D eigenvalue weighted by Gasteiger charge is -2.11. The molecule has 0 aliphatic carbocycles. The Labute approximate surface area is 150 Å². The van der Waals surface area contributed by atoms with E-state index in [-0.39, 0.29) is 5.75 Å². The maximum absolute atomic E-state index is 14.2. The van der Waals surface area contributed by atoms with E-state index in [1.165, 1.54) is 13.2 Å². The highest BCUT2D eigenvalue weighted by molar-refractivity contribution is 6.02. The molecule has 0 amide bonds. The van der Waals surface area contributed by atoms with Crippen molar-refractivity contribution >= 4 is 10.8 Å². The number of methoxy groups -OCH3 is 2. The van der Waals surface area contributed by atoms with Gasteiger partial charge in [-0.25, -0.2) is 4.39 Å². The van der Waals surface area contributed by atoms with E-state index in [1.54, 1.807) is 19.4 Å². The van der Waals surface area contributed by atoms with Crippen LogP contribution in [0.3, 0.4) is 0 Å². The molecule has 1 aromatic heterocycles. The first-order valence-electron chi connectivity index (χ1n) is 8.16. The van der Waals surface area contributed by atoms with E-state index in [4.69, 9.17) is 9.47 Å². The zero-order valence-corrected chi connectivity index (χ0v) is 14.4. The third-order valence-corrected chi connectivity index (χ3v) is 4.48. The van der Waals surface area contributed by atoms with Gasteiger partial charge in [0.15, 0.2) is 11.6 Å². The fourth-order valence-corrected chi connectivity index (χ4v) is 3.21. The summed E-state index contributed by atoms with van der Waals surface area (Å²) in [5.41, 5.74) is 3.35. The van der Waals surface area contributed by atoms with Gasteiger partial charge in [-0.3, -0.25) is 5.10 Å². The van der Waals surface area contributed by atoms with Crippen LogP contribution in [0.4, 0.5) is 4.39 Å². The molecule has 0 aliphatic heterocycles. The second kappa shape index (κ2) is 6.52. The van der Waals surface area contributed by atoms with Crippen molar-refractivity contribution in [3.63, 3.8) is 0 Å². The van der Waals surface area contributed by atoms with Crippen molar-refractivity contribution in [2.75, 3.05) is 14.2 Å². The minimum atomic E-state index is -0.406. The van der Waals surface area contributed by atoms with Gasteiger partial charge in [-0.05, 0) is 35.2 Å². The summed E-state index contributed by atoms with van der Waals surface area (Å²) in [5.74, 6) is 0.617. The number of ether oxygens (including phenoxy) is 2. The van der Waals surface area contributed by atoms with E-state index < -0.39 is 5.82 Å². The quantitative estimate of drug-likeness (QED) is 0.561. The van der Waals surface area contributed by atoms with Crippen LogP contribution < -0.4 is 9.47 Å². The molecule has 0 saturated heterocycles. The number of halogens is 1. The molecule has 4 aromatic rings. The SMILES string of the molecule is COc1ccc(-c2cn[nH]c2-c2ccc(OC)c3ccccc23)cc1F. The number of H-pyrrole nitrogens is 1. The number of aromatic amines is 1. The minimum absolute atomic E-state index is 0.216. The van der Waals surface area contributed by atoms with Gasteiger partial charge < -0.3 is 9.47 Å². The lowest BCUT2D eigenvalue weighted by molar-refractivity contribution is 0.386. The van der Waals surface area contributed by atoms with Gasteiger partial charge in [-0.1, -0.05) is 30.3 Å². The van der Waals surface area contributed by atoms with Crippen molar-refractivity contribution in [2.45, 2.75) is 0 Å². The van der Waals surface area contributed by atoms with E-state index in [9.17, 15) is 4.39 Å². The van der Waals surface area contributed by atoms with Crippen LogP contribution in [0, 0.1) is 5.82 Å². The highest BCUT2D eigenvalue weighted by Gasteiger charge is 2.15. The molecular weight excluding hydrogens is 331 g/mol. The van der Waals surface area contributed by atoms with Crippen molar-refractivity contribution < 1.29 is 13.9 Å². The molecular formula is C21H17FN2O2. The molecule has 0 spiro atoms. The normalized spacial score (nSPS) is 10.9. The molecule has 4 nitrogen and oxygen atoms in total. The van der Waals surface area contributed by atoms with E-state index in [2.05, 4.69) is 10.2 Å². The minimum Gasteiger partial charge on any atom is -0.496 e. The third kappa shape index (κ3) is 2.58. The van der Waals surface area contributed by atoms with Crippen LogP contribution in [-0.4, -0.2) is 24.4 Å². The Bertz CT molecular complexity index is 1090. The van der Waals surface area contributed by atoms with E-state index in [0.29, 0.717) is 0 Å². The Morgan fingerprint density at radius 3 is 2.31 bits per heavy atom. The predicted octanol–water partition coefficient (Wildman–Crippen LogP) is 5.05. The van der Waals surface area contributed by atoms with Crippen molar-refractivity contribution in [3.05, 3.63) is 66.6 Å². The van der Waals surface area contributed by atoms with Crippen LogP contribution in [-0.2, 0) is 0 Å². The fraction of sp³-hybridized carbons (Fsp3) is 0.0952. The second-order valence-electron chi connectivity index (χ2n) is 5.87. The van der Waals surface area contributed by atoms with Gasteiger partial charge in [0.25, 0.3) is 0 Å². The maximum Gasteiger partial charge on any atom is 0.165 e. The van der Waals surface area contributed by atoms with Crippen LogP contribution >= 0.6 is 0 Å². The van der Waals surface area contributed by atoms with Crippen LogP contribution in [0.2, 0.25) is 0 Å². The molecule has 26 heavy (non-hydrogen) atoms. The molecule has 0 radical (unpaired) electrons. The zero-order chi connectivity index (χ0) is 18.1. The highest BCUT2D eigenvalue weighted by Crippen LogP contribution is 2.38. The van der Waals surface area contributed by atoms with Gasteiger partial charge >= 0.3 is 0 Å². The number of benzene rings is 3. The summed E-state index contributed by atoms with van der Waals surface area (Å²) in [5, 5.41) is 9.28. The number of nitrogens with zero attached hydrogens (tertiary/aromatic N) is 1. The van der Waals surface area contributed by atoms with Gasteiger partial charge in [-0.2, -0.15) is 5.10 Å². The van der Waals surface area contributed by atoms with Gasteiger partial charge in [0.2, 0.25) is 0 Å². The van der Waals surface area contributed by atoms with Crippen molar-refractivity contribution in [1.29, 1.82) is 0 Å². The lowest BCUT2D eigenvalue weighted by Crippen LogP contribution is -1.91. The van der Waals surface area contributed by atoms with Crippen molar-refractivity contribution in [2.24, 2.45) is 0 Å². The summed E-state index contributed by atoms with van der Waals surface area (Å²) >= 11 is 0. The Balaban J connectivity index is 1.91. The number of rotatable bonds is 4. The first-order valence-corrected chi connectivity index (χ1v) is 8.16. The van der Waals surface area contributed by atoms with Crippen LogP contribution in [0.25, 0.3) is 33.2 Å². The Morgan fingerprint density at radius 2 is 1.58 bits per heavy atom. The highest BCUT2D eigenvalue weighted by atomic mass is 19.1. The molecule has 0 saturated carbocycles. The summed E-state index contributed by atoms with van der Waals surface area (Å²) < 4.78 is 24.6. The first kappa shape index (κ1) is 16.1. The van der Waals surface area contributed by atoms with E-state index >= 15 is 0 Å². The summed E-state index contributed by atoms with van der Waals surface area (Å²) in [7, 11) is 3.11. The van der Waals surface area contributed by atoms with Crippen LogP contribution in [0.1, 0.15) is 0 Å². The zero-order valence-electron chi connectivity index (χ0n) is 14.4. The van der Waals surface area contributed by atoms with Gasteiger partial charge in [0.1, 0.15) is 5.75 Å². The summed E-state index contributed by atoms with van der Waals surface area (Å²) in [6.45, 7) is 0. The predicted molar refractivity (Wildman–Crippen MR) is 100 cm³/mol. The Hall–Kier alpha value is -3.34. The smallest absolute Gasteiger partial charge is 0.165 e. The summed E-state index contributed by atoms with van der Waals surface area (Å²) in [6.07, 6.45) is 1.70. The standard InChI is InChI=1S/C21H17FN2O2/c1-25-19-10-8-16(14-5-3-4-6-15(14)19)21-17(12-23-24-21)13-7-9-20(26-2)18(22)11-13/h3-12H,1-2H3,(H,23,24). The average molecular weight is 348 g/mol. The topological polar surface area (TPSA) is 47.1 Å². The van der Waals surface area contributed by atoms with Gasteiger partial charge in [-0.15, -0.1) is 0 Å². The van der Waals surface area contributed by atoms with E-state index in [0.717, 1.165) is 38.9 Å². The summed E-state index contributed by atoms with van der Waals surface area (Å²) in [4.78, 5) is 0. The van der Waals surface area contributed by atoms with Gasteiger partial charge in [0, 0.05) is 16.5 Å². The van der Waals surface area contributed by atoms with Crippen LogP contribution in [0.5, 0.6) is 11.5 Å². The lowest BCUT2D eigenvalue weighted by atomic mass is 9.96. The summed E-state index contributed by atoms with van der Waals surface area (Å²) in [6, 6.07) is 16.8. The molecule has 0 unspecified atom stereocenters. The molecule has 0 atom stereocenters. The number of fused-ring (bicyclic) bond motifs is 1. The Kier molecular flexibility index (Phi) is 4.05. The van der Waals surface area contributed by atoms with Crippen molar-refractivity contribution in [3.8, 4) is 33.9 Å². The number of hydrogen-bond donors (Lipinski definition) is 1. The van der Waals surface area contributed by atoms with E-state index in [1.807, 2.05) is 42.5 Å². The molecule has 5 heteroatoms.